The second-order valence-corrected chi connectivity index (χ2v) is 3.42. The van der Waals surface area contributed by atoms with Crippen LogP contribution in [0.15, 0.2) is 12.7 Å². The van der Waals surface area contributed by atoms with Gasteiger partial charge in [-0.25, -0.2) is 0 Å². The first-order valence-corrected chi connectivity index (χ1v) is 4.60. The highest BCUT2D eigenvalue weighted by Gasteiger charge is 2.16. The molecule has 0 rings (SSSR count). The summed E-state index contributed by atoms with van der Waals surface area (Å²) >= 11 is 0. The van der Waals surface area contributed by atoms with Crippen LogP contribution in [-0.2, 0) is 4.74 Å². The molecule has 2 nitrogen and oxygen atoms in total. The minimum atomic E-state index is 0.0493. The maximum atomic E-state index is 5.61. The van der Waals surface area contributed by atoms with Gasteiger partial charge in [-0.1, -0.05) is 19.9 Å². The van der Waals surface area contributed by atoms with Crippen molar-refractivity contribution in [3.05, 3.63) is 12.7 Å². The van der Waals surface area contributed by atoms with Gasteiger partial charge in [-0.3, -0.25) is 0 Å². The molecule has 0 aliphatic rings. The van der Waals surface area contributed by atoms with Crippen molar-refractivity contribution in [1.29, 1.82) is 0 Å². The van der Waals surface area contributed by atoms with Gasteiger partial charge in [0.2, 0.25) is 0 Å². The quantitative estimate of drug-likeness (QED) is 0.469. The van der Waals surface area contributed by atoms with Crippen LogP contribution in [0.4, 0.5) is 0 Å². The van der Waals surface area contributed by atoms with Crippen molar-refractivity contribution in [2.45, 2.75) is 26.7 Å². The number of hydrogen-bond donors (Lipinski definition) is 1. The van der Waals surface area contributed by atoms with Crippen LogP contribution in [0.5, 0.6) is 0 Å². The van der Waals surface area contributed by atoms with Crippen LogP contribution >= 0.6 is 0 Å². The number of hydrogen-bond acceptors (Lipinski definition) is 2. The van der Waals surface area contributed by atoms with E-state index < -0.39 is 0 Å². The Labute approximate surface area is 75.8 Å². The summed E-state index contributed by atoms with van der Waals surface area (Å²) in [7, 11) is 0. The molecule has 2 heteroatoms. The topological polar surface area (TPSA) is 35.2 Å². The fraction of sp³-hybridized carbons (Fsp3) is 0.800. The van der Waals surface area contributed by atoms with Crippen molar-refractivity contribution in [3.63, 3.8) is 0 Å². The van der Waals surface area contributed by atoms with Crippen molar-refractivity contribution < 1.29 is 4.74 Å². The summed E-state index contributed by atoms with van der Waals surface area (Å²) in [6.07, 6.45) is 3.96. The largest absolute Gasteiger partial charge is 0.381 e. The van der Waals surface area contributed by atoms with E-state index in [1.807, 2.05) is 6.08 Å². The minimum absolute atomic E-state index is 0.0493. The van der Waals surface area contributed by atoms with Gasteiger partial charge in [0.25, 0.3) is 0 Å². The Hall–Kier alpha value is -0.340. The van der Waals surface area contributed by atoms with Gasteiger partial charge in [-0.15, -0.1) is 6.58 Å². The molecule has 2 N–H and O–H groups in total. The first-order valence-electron chi connectivity index (χ1n) is 4.60. The summed E-state index contributed by atoms with van der Waals surface area (Å²) in [5.41, 5.74) is 5.65. The molecule has 0 saturated carbocycles. The molecule has 0 amide bonds. The van der Waals surface area contributed by atoms with Crippen molar-refractivity contribution >= 4 is 0 Å². The Morgan fingerprint density at radius 2 is 2.17 bits per heavy atom. The van der Waals surface area contributed by atoms with Crippen LogP contribution in [0.1, 0.15) is 26.7 Å². The molecule has 0 heterocycles. The summed E-state index contributed by atoms with van der Waals surface area (Å²) < 4.78 is 5.38. The minimum Gasteiger partial charge on any atom is -0.381 e. The first kappa shape index (κ1) is 11.7. The number of rotatable bonds is 7. The molecule has 0 radical (unpaired) electrons. The summed E-state index contributed by atoms with van der Waals surface area (Å²) in [4.78, 5) is 0. The molecule has 72 valence electrons. The summed E-state index contributed by atoms with van der Waals surface area (Å²) in [6.45, 7) is 10.3. The van der Waals surface area contributed by atoms with Gasteiger partial charge in [0, 0.05) is 19.8 Å². The maximum Gasteiger partial charge on any atom is 0.0474 e. The van der Waals surface area contributed by atoms with E-state index in [2.05, 4.69) is 20.4 Å². The van der Waals surface area contributed by atoms with Gasteiger partial charge in [-0.05, 0) is 18.3 Å². The van der Waals surface area contributed by atoms with E-state index in [9.17, 15) is 0 Å². The van der Waals surface area contributed by atoms with Crippen molar-refractivity contribution in [1.82, 2.24) is 0 Å². The normalized spacial score (nSPS) is 15.6. The predicted octanol–water partition coefficient (Wildman–Crippen LogP) is 1.95. The zero-order valence-electron chi connectivity index (χ0n) is 8.31. The Balaban J connectivity index is 3.51. The fourth-order valence-electron chi connectivity index (χ4n) is 0.839. The van der Waals surface area contributed by atoms with E-state index in [1.165, 1.54) is 0 Å². The first-order chi connectivity index (χ1) is 5.68. The van der Waals surface area contributed by atoms with Gasteiger partial charge < -0.3 is 10.5 Å². The molecule has 0 spiro atoms. The van der Waals surface area contributed by atoms with E-state index in [-0.39, 0.29) is 5.41 Å². The Morgan fingerprint density at radius 3 is 2.58 bits per heavy atom. The van der Waals surface area contributed by atoms with Gasteiger partial charge >= 0.3 is 0 Å². The van der Waals surface area contributed by atoms with E-state index in [4.69, 9.17) is 10.5 Å². The smallest absolute Gasteiger partial charge is 0.0474 e. The Bertz CT molecular complexity index is 125. The van der Waals surface area contributed by atoms with Crippen molar-refractivity contribution in [3.8, 4) is 0 Å². The third kappa shape index (κ3) is 4.52. The van der Waals surface area contributed by atoms with Gasteiger partial charge in [0.15, 0.2) is 0 Å². The standard InChI is InChI=1S/C10H21NO/c1-4-7-12-8-6-10(3,5-2)9-11/h5H,2,4,6-9,11H2,1,3H3. The highest BCUT2D eigenvalue weighted by Crippen LogP contribution is 2.20. The predicted molar refractivity (Wildman–Crippen MR) is 53.1 cm³/mol. The van der Waals surface area contributed by atoms with E-state index in [1.54, 1.807) is 0 Å². The molecule has 0 aromatic carbocycles. The molecule has 0 aliphatic heterocycles. The molecule has 1 unspecified atom stereocenters. The zero-order valence-corrected chi connectivity index (χ0v) is 8.31. The van der Waals surface area contributed by atoms with Crippen LogP contribution in [0.3, 0.4) is 0 Å². The lowest BCUT2D eigenvalue weighted by atomic mass is 9.88. The third-order valence-electron chi connectivity index (χ3n) is 2.13. The van der Waals surface area contributed by atoms with Crippen LogP contribution in [0.2, 0.25) is 0 Å². The molecular formula is C10H21NO. The van der Waals surface area contributed by atoms with Gasteiger partial charge in [-0.2, -0.15) is 0 Å². The van der Waals surface area contributed by atoms with E-state index >= 15 is 0 Å². The Morgan fingerprint density at radius 1 is 1.50 bits per heavy atom. The molecule has 1 atom stereocenters. The molecule has 0 aromatic rings. The lowest BCUT2D eigenvalue weighted by Crippen LogP contribution is -2.26. The molecule has 0 fully saturated rings. The third-order valence-corrected chi connectivity index (χ3v) is 2.13. The van der Waals surface area contributed by atoms with E-state index in [0.29, 0.717) is 6.54 Å². The van der Waals surface area contributed by atoms with Crippen LogP contribution in [0, 0.1) is 5.41 Å². The summed E-state index contributed by atoms with van der Waals surface area (Å²) in [5.74, 6) is 0. The number of nitrogens with two attached hydrogens (primary N) is 1. The Kier molecular flexibility index (Phi) is 6.03. The lowest BCUT2D eigenvalue weighted by molar-refractivity contribution is 0.112. The molecule has 0 aliphatic carbocycles. The maximum absolute atomic E-state index is 5.61. The second kappa shape index (κ2) is 6.21. The lowest BCUT2D eigenvalue weighted by Gasteiger charge is -2.23. The van der Waals surface area contributed by atoms with Crippen molar-refractivity contribution in [2.75, 3.05) is 19.8 Å². The highest BCUT2D eigenvalue weighted by atomic mass is 16.5. The summed E-state index contributed by atoms with van der Waals surface area (Å²) in [6, 6.07) is 0. The summed E-state index contributed by atoms with van der Waals surface area (Å²) in [5, 5.41) is 0. The monoisotopic (exact) mass is 171 g/mol. The van der Waals surface area contributed by atoms with Crippen LogP contribution in [0.25, 0.3) is 0 Å². The van der Waals surface area contributed by atoms with Gasteiger partial charge in [0.1, 0.15) is 0 Å². The van der Waals surface area contributed by atoms with Gasteiger partial charge in [0.05, 0.1) is 0 Å². The average molecular weight is 171 g/mol. The molecule has 0 aromatic heterocycles. The van der Waals surface area contributed by atoms with Crippen LogP contribution < -0.4 is 5.73 Å². The highest BCUT2D eigenvalue weighted by molar-refractivity contribution is 4.91. The molecule has 0 bridgehead atoms. The molecule has 0 saturated heterocycles. The zero-order chi connectivity index (χ0) is 9.45. The van der Waals surface area contributed by atoms with Crippen LogP contribution in [-0.4, -0.2) is 19.8 Å². The van der Waals surface area contributed by atoms with Crippen molar-refractivity contribution in [2.24, 2.45) is 11.1 Å². The average Bonchev–Trinajstić information content (AvgIpc) is 2.12. The van der Waals surface area contributed by atoms with E-state index in [0.717, 1.165) is 26.1 Å². The molecule has 12 heavy (non-hydrogen) atoms. The molecular weight excluding hydrogens is 150 g/mol. The second-order valence-electron chi connectivity index (χ2n) is 3.42. The SMILES string of the molecule is C=CC(C)(CN)CCOCCC. The number of ether oxygens (including phenoxy) is 1. The fourth-order valence-corrected chi connectivity index (χ4v) is 0.839.